The van der Waals surface area contributed by atoms with Crippen molar-refractivity contribution in [2.24, 2.45) is 5.73 Å². The van der Waals surface area contributed by atoms with E-state index < -0.39 is 0 Å². The van der Waals surface area contributed by atoms with E-state index in [0.717, 1.165) is 6.42 Å². The van der Waals surface area contributed by atoms with E-state index in [9.17, 15) is 4.79 Å². The first-order valence-corrected chi connectivity index (χ1v) is 10.8. The van der Waals surface area contributed by atoms with Crippen molar-refractivity contribution in [3.8, 4) is 0 Å². The van der Waals surface area contributed by atoms with E-state index in [2.05, 4.69) is 47.4 Å². The maximum atomic E-state index is 11.1. The van der Waals surface area contributed by atoms with Crippen LogP contribution in [0.15, 0.2) is 66.7 Å². The number of amides is 1. The number of primary amides is 1. The lowest BCUT2D eigenvalue weighted by molar-refractivity contribution is 0.100. The smallest absolute Gasteiger partial charge is 0.248 e. The van der Waals surface area contributed by atoms with Crippen LogP contribution in [0.2, 0.25) is 0 Å². The summed E-state index contributed by atoms with van der Waals surface area (Å²) in [5.41, 5.74) is 8.70. The first kappa shape index (κ1) is 19.7. The standard InChI is InChI=1S/C26H30N2O/c27-26(29)23-13-11-20(12-14-23)6-3-4-17-28-18-15-22(16-19-28)25-10-5-8-21-7-1-2-9-24(21)25/h1-2,5,7-14,22H,3-4,6,15-19H2,(H2,27,29). The number of rotatable bonds is 7. The van der Waals surface area contributed by atoms with E-state index in [-0.39, 0.29) is 5.91 Å². The highest BCUT2D eigenvalue weighted by molar-refractivity contribution is 5.92. The molecule has 3 aromatic carbocycles. The van der Waals surface area contributed by atoms with Gasteiger partial charge in [0.15, 0.2) is 0 Å². The minimum absolute atomic E-state index is 0.358. The molecule has 1 amide bonds. The number of piperidine rings is 1. The molecule has 0 aliphatic carbocycles. The van der Waals surface area contributed by atoms with Crippen molar-refractivity contribution in [3.05, 3.63) is 83.4 Å². The Morgan fingerprint density at radius 2 is 1.62 bits per heavy atom. The third-order valence-electron chi connectivity index (χ3n) is 6.28. The molecule has 0 atom stereocenters. The van der Waals surface area contributed by atoms with Crippen LogP contribution in [-0.2, 0) is 6.42 Å². The molecule has 3 aromatic rings. The minimum Gasteiger partial charge on any atom is -0.366 e. The van der Waals surface area contributed by atoms with Gasteiger partial charge >= 0.3 is 0 Å². The number of likely N-dealkylation sites (tertiary alicyclic amines) is 1. The molecular formula is C26H30N2O. The molecule has 0 spiro atoms. The number of nitrogens with two attached hydrogens (primary N) is 1. The molecule has 1 aliphatic heterocycles. The van der Waals surface area contributed by atoms with Gasteiger partial charge in [0, 0.05) is 5.56 Å². The molecule has 29 heavy (non-hydrogen) atoms. The second kappa shape index (κ2) is 9.23. The van der Waals surface area contributed by atoms with Gasteiger partial charge in [-0.2, -0.15) is 0 Å². The molecule has 0 unspecified atom stereocenters. The van der Waals surface area contributed by atoms with Gasteiger partial charge in [-0.15, -0.1) is 0 Å². The highest BCUT2D eigenvalue weighted by Crippen LogP contribution is 2.33. The number of aryl methyl sites for hydroxylation is 1. The van der Waals surface area contributed by atoms with Gasteiger partial charge < -0.3 is 10.6 Å². The second-order valence-electron chi connectivity index (χ2n) is 8.20. The van der Waals surface area contributed by atoms with Gasteiger partial charge in [-0.25, -0.2) is 0 Å². The first-order valence-electron chi connectivity index (χ1n) is 10.8. The lowest BCUT2D eigenvalue weighted by atomic mass is 9.86. The zero-order valence-corrected chi connectivity index (χ0v) is 17.0. The SMILES string of the molecule is NC(=O)c1ccc(CCCCN2CCC(c3cccc4ccccc34)CC2)cc1. The Morgan fingerprint density at radius 3 is 2.38 bits per heavy atom. The third kappa shape index (κ3) is 4.86. The number of unbranched alkanes of at least 4 members (excludes halogenated alkanes) is 1. The average molecular weight is 387 g/mol. The minimum atomic E-state index is -0.358. The van der Waals surface area contributed by atoms with Gasteiger partial charge in [0.2, 0.25) is 5.91 Å². The van der Waals surface area contributed by atoms with Crippen molar-refractivity contribution in [3.63, 3.8) is 0 Å². The molecule has 0 radical (unpaired) electrons. The van der Waals surface area contributed by atoms with Crippen LogP contribution in [0.3, 0.4) is 0 Å². The molecule has 1 saturated heterocycles. The molecule has 0 bridgehead atoms. The van der Waals surface area contributed by atoms with Crippen LogP contribution < -0.4 is 5.73 Å². The van der Waals surface area contributed by atoms with Crippen molar-refractivity contribution in [2.45, 2.75) is 38.0 Å². The maximum absolute atomic E-state index is 11.1. The Balaban J connectivity index is 1.22. The molecule has 150 valence electrons. The van der Waals surface area contributed by atoms with E-state index in [1.807, 2.05) is 24.3 Å². The third-order valence-corrected chi connectivity index (χ3v) is 6.28. The zero-order valence-electron chi connectivity index (χ0n) is 17.0. The van der Waals surface area contributed by atoms with Gasteiger partial charge in [0.25, 0.3) is 0 Å². The van der Waals surface area contributed by atoms with Crippen LogP contribution in [0.1, 0.15) is 53.1 Å². The Morgan fingerprint density at radius 1 is 0.897 bits per heavy atom. The Bertz CT molecular complexity index is 951. The summed E-state index contributed by atoms with van der Waals surface area (Å²) in [6, 6.07) is 23.2. The summed E-state index contributed by atoms with van der Waals surface area (Å²) >= 11 is 0. The molecule has 1 fully saturated rings. The normalized spacial score (nSPS) is 15.6. The predicted octanol–water partition coefficient (Wildman–Crippen LogP) is 5.14. The van der Waals surface area contributed by atoms with E-state index in [0.29, 0.717) is 11.5 Å². The molecule has 4 rings (SSSR count). The number of fused-ring (bicyclic) bond motifs is 1. The molecule has 0 saturated carbocycles. The summed E-state index contributed by atoms with van der Waals surface area (Å²) < 4.78 is 0. The van der Waals surface area contributed by atoms with Crippen LogP contribution in [-0.4, -0.2) is 30.4 Å². The van der Waals surface area contributed by atoms with Crippen molar-refractivity contribution < 1.29 is 4.79 Å². The number of carbonyl (C=O) groups excluding carboxylic acids is 1. The van der Waals surface area contributed by atoms with Crippen LogP contribution >= 0.6 is 0 Å². The van der Waals surface area contributed by atoms with Crippen molar-refractivity contribution in [1.29, 1.82) is 0 Å². The number of carbonyl (C=O) groups is 1. The monoisotopic (exact) mass is 386 g/mol. The van der Waals surface area contributed by atoms with E-state index in [1.54, 1.807) is 0 Å². The second-order valence-corrected chi connectivity index (χ2v) is 8.20. The number of benzene rings is 3. The number of hydrogen-bond acceptors (Lipinski definition) is 2. The molecule has 0 aromatic heterocycles. The first-order chi connectivity index (χ1) is 14.2. The largest absolute Gasteiger partial charge is 0.366 e. The summed E-state index contributed by atoms with van der Waals surface area (Å²) in [5.74, 6) is 0.324. The summed E-state index contributed by atoms with van der Waals surface area (Å²) in [5, 5.41) is 2.78. The van der Waals surface area contributed by atoms with E-state index in [4.69, 9.17) is 5.73 Å². The quantitative estimate of drug-likeness (QED) is 0.572. The number of hydrogen-bond donors (Lipinski definition) is 1. The summed E-state index contributed by atoms with van der Waals surface area (Å²) in [4.78, 5) is 13.8. The maximum Gasteiger partial charge on any atom is 0.248 e. The molecular weight excluding hydrogens is 356 g/mol. The van der Waals surface area contributed by atoms with Crippen molar-refractivity contribution in [2.75, 3.05) is 19.6 Å². The van der Waals surface area contributed by atoms with Gasteiger partial charge in [-0.3, -0.25) is 4.79 Å². The van der Waals surface area contributed by atoms with E-state index >= 15 is 0 Å². The van der Waals surface area contributed by atoms with Crippen LogP contribution in [0.4, 0.5) is 0 Å². The molecule has 1 heterocycles. The Hall–Kier alpha value is -2.65. The van der Waals surface area contributed by atoms with Crippen molar-refractivity contribution in [1.82, 2.24) is 4.90 Å². The summed E-state index contributed by atoms with van der Waals surface area (Å²) in [6.45, 7) is 3.57. The Kier molecular flexibility index (Phi) is 6.26. The lowest BCUT2D eigenvalue weighted by Gasteiger charge is -2.32. The molecule has 1 aliphatic rings. The highest BCUT2D eigenvalue weighted by atomic mass is 16.1. The molecule has 3 nitrogen and oxygen atoms in total. The summed E-state index contributed by atoms with van der Waals surface area (Å²) in [7, 11) is 0. The highest BCUT2D eigenvalue weighted by Gasteiger charge is 2.21. The zero-order chi connectivity index (χ0) is 20.1. The fourth-order valence-corrected chi connectivity index (χ4v) is 4.57. The topological polar surface area (TPSA) is 46.3 Å². The van der Waals surface area contributed by atoms with E-state index in [1.165, 1.54) is 67.2 Å². The fraction of sp³-hybridized carbons (Fsp3) is 0.346. The van der Waals surface area contributed by atoms with Crippen molar-refractivity contribution >= 4 is 16.7 Å². The van der Waals surface area contributed by atoms with Gasteiger partial charge in [-0.05, 0) is 91.7 Å². The van der Waals surface area contributed by atoms with Crippen LogP contribution in [0.5, 0.6) is 0 Å². The lowest BCUT2D eigenvalue weighted by Crippen LogP contribution is -2.33. The Labute approximate surface area is 173 Å². The van der Waals surface area contributed by atoms with Gasteiger partial charge in [0.1, 0.15) is 0 Å². The van der Waals surface area contributed by atoms with Crippen LogP contribution in [0, 0.1) is 0 Å². The fourth-order valence-electron chi connectivity index (χ4n) is 4.57. The average Bonchev–Trinajstić information content (AvgIpc) is 2.77. The number of nitrogens with zero attached hydrogens (tertiary/aromatic N) is 1. The van der Waals surface area contributed by atoms with Crippen LogP contribution in [0.25, 0.3) is 10.8 Å². The van der Waals surface area contributed by atoms with Gasteiger partial charge in [0.05, 0.1) is 0 Å². The molecule has 3 heteroatoms. The van der Waals surface area contributed by atoms with Gasteiger partial charge in [-0.1, -0.05) is 54.6 Å². The summed E-state index contributed by atoms with van der Waals surface area (Å²) in [6.07, 6.45) is 5.96. The predicted molar refractivity (Wildman–Crippen MR) is 120 cm³/mol. The molecule has 2 N–H and O–H groups in total.